The number of hydrogen-bond donors (Lipinski definition) is 4. The SMILES string of the molecule is NCCCCCCNC(=O)C(F)c1ccccc1OP(O)O. The number of unbranched alkanes of at least 4 members (excludes halogenated alkanes) is 3. The molecular weight excluding hydrogens is 310 g/mol. The summed E-state index contributed by atoms with van der Waals surface area (Å²) in [5.41, 5.74) is 5.35. The lowest BCUT2D eigenvalue weighted by Gasteiger charge is -2.14. The van der Waals surface area contributed by atoms with Crippen LogP contribution in [0, 0.1) is 0 Å². The monoisotopic (exact) mass is 332 g/mol. The van der Waals surface area contributed by atoms with Crippen molar-refractivity contribution < 1.29 is 23.5 Å². The second kappa shape index (κ2) is 10.5. The Morgan fingerprint density at radius 1 is 1.27 bits per heavy atom. The first-order chi connectivity index (χ1) is 10.6. The van der Waals surface area contributed by atoms with Crippen LogP contribution in [-0.2, 0) is 4.79 Å². The quantitative estimate of drug-likeness (QED) is 0.387. The summed E-state index contributed by atoms with van der Waals surface area (Å²) in [5.74, 6) is -0.820. The third-order valence-electron chi connectivity index (χ3n) is 3.03. The maximum Gasteiger partial charge on any atom is 0.391 e. The predicted octanol–water partition coefficient (Wildman–Crippen LogP) is 1.92. The van der Waals surface area contributed by atoms with Gasteiger partial charge in [-0.25, -0.2) is 4.39 Å². The Labute approximate surface area is 130 Å². The molecule has 5 N–H and O–H groups in total. The van der Waals surface area contributed by atoms with Crippen LogP contribution >= 0.6 is 8.60 Å². The second-order valence-electron chi connectivity index (χ2n) is 4.74. The molecule has 0 fully saturated rings. The molecule has 1 rings (SSSR count). The number of para-hydroxylation sites is 1. The maximum atomic E-state index is 14.2. The van der Waals surface area contributed by atoms with Crippen LogP contribution in [0.5, 0.6) is 5.75 Å². The molecular formula is C14H22FN2O4P. The topological polar surface area (TPSA) is 105 Å². The molecule has 1 unspecified atom stereocenters. The first kappa shape index (κ1) is 18.8. The fraction of sp³-hybridized carbons (Fsp3) is 0.500. The van der Waals surface area contributed by atoms with Crippen LogP contribution in [0.2, 0.25) is 0 Å². The van der Waals surface area contributed by atoms with Crippen LogP contribution < -0.4 is 15.6 Å². The molecule has 0 radical (unpaired) electrons. The molecule has 8 heteroatoms. The fourth-order valence-corrected chi connectivity index (χ4v) is 2.27. The molecule has 0 saturated carbocycles. The van der Waals surface area contributed by atoms with Gasteiger partial charge in [-0.3, -0.25) is 4.79 Å². The molecule has 1 aromatic rings. The number of carbonyl (C=O) groups excluding carboxylic acids is 1. The van der Waals surface area contributed by atoms with Gasteiger partial charge in [0.15, 0.2) is 0 Å². The Morgan fingerprint density at radius 2 is 1.95 bits per heavy atom. The molecule has 124 valence electrons. The summed E-state index contributed by atoms with van der Waals surface area (Å²) in [5, 5.41) is 2.52. The summed E-state index contributed by atoms with van der Waals surface area (Å²) in [6, 6.07) is 5.86. The Hall–Kier alpha value is -1.27. The van der Waals surface area contributed by atoms with Crippen molar-refractivity contribution in [3.8, 4) is 5.75 Å². The van der Waals surface area contributed by atoms with E-state index in [4.69, 9.17) is 20.0 Å². The molecule has 0 heterocycles. The minimum atomic E-state index is -2.67. The summed E-state index contributed by atoms with van der Waals surface area (Å²) < 4.78 is 18.9. The third kappa shape index (κ3) is 6.66. The summed E-state index contributed by atoms with van der Waals surface area (Å²) >= 11 is 0. The van der Waals surface area contributed by atoms with E-state index in [0.29, 0.717) is 13.1 Å². The molecule has 1 amide bonds. The summed E-state index contributed by atoms with van der Waals surface area (Å²) in [4.78, 5) is 29.5. The summed E-state index contributed by atoms with van der Waals surface area (Å²) in [7, 11) is -2.67. The zero-order valence-electron chi connectivity index (χ0n) is 12.2. The fourth-order valence-electron chi connectivity index (χ4n) is 1.93. The van der Waals surface area contributed by atoms with Gasteiger partial charge in [-0.05, 0) is 25.5 Å². The van der Waals surface area contributed by atoms with E-state index in [1.165, 1.54) is 12.1 Å². The molecule has 22 heavy (non-hydrogen) atoms. The van der Waals surface area contributed by atoms with Crippen molar-refractivity contribution in [3.05, 3.63) is 29.8 Å². The smallest absolute Gasteiger partial charge is 0.391 e. The number of hydrogen-bond acceptors (Lipinski definition) is 5. The van der Waals surface area contributed by atoms with E-state index in [-0.39, 0.29) is 11.3 Å². The first-order valence-electron chi connectivity index (χ1n) is 7.13. The van der Waals surface area contributed by atoms with E-state index < -0.39 is 20.7 Å². The standard InChI is InChI=1S/C14H22FN2O4P/c15-13(14(18)17-10-6-2-1-5-9-16)11-7-3-4-8-12(11)21-22(19)20/h3-4,7-8,13,19-20H,1-2,5-6,9-10,16H2,(H,17,18). The minimum Gasteiger partial charge on any atom is -0.427 e. The molecule has 0 saturated heterocycles. The van der Waals surface area contributed by atoms with Crippen molar-refractivity contribution in [2.45, 2.75) is 31.9 Å². The number of carbonyl (C=O) groups is 1. The maximum absolute atomic E-state index is 14.2. The molecule has 6 nitrogen and oxygen atoms in total. The van der Waals surface area contributed by atoms with Crippen LogP contribution in [-0.4, -0.2) is 28.8 Å². The highest BCUT2D eigenvalue weighted by Gasteiger charge is 2.23. The normalized spacial score (nSPS) is 12.2. The van der Waals surface area contributed by atoms with Crippen LogP contribution in [0.25, 0.3) is 0 Å². The molecule has 0 aliphatic carbocycles. The number of nitrogens with one attached hydrogen (secondary N) is 1. The van der Waals surface area contributed by atoms with E-state index in [9.17, 15) is 9.18 Å². The number of amides is 1. The second-order valence-corrected chi connectivity index (χ2v) is 5.43. The van der Waals surface area contributed by atoms with Crippen LogP contribution in [0.3, 0.4) is 0 Å². The Bertz CT molecular complexity index is 462. The molecule has 0 aliphatic rings. The molecule has 1 aromatic carbocycles. The Kier molecular flexibility index (Phi) is 8.92. The van der Waals surface area contributed by atoms with Crippen LogP contribution in [0.15, 0.2) is 24.3 Å². The highest BCUT2D eigenvalue weighted by atomic mass is 31.2. The lowest BCUT2D eigenvalue weighted by molar-refractivity contribution is -0.126. The average molecular weight is 332 g/mol. The van der Waals surface area contributed by atoms with Crippen molar-refractivity contribution in [2.75, 3.05) is 13.1 Å². The van der Waals surface area contributed by atoms with Crippen molar-refractivity contribution >= 4 is 14.5 Å². The predicted molar refractivity (Wildman–Crippen MR) is 82.8 cm³/mol. The van der Waals surface area contributed by atoms with E-state index in [2.05, 4.69) is 5.32 Å². The van der Waals surface area contributed by atoms with Gasteiger partial charge in [0.25, 0.3) is 5.91 Å². The van der Waals surface area contributed by atoms with E-state index in [0.717, 1.165) is 25.7 Å². The van der Waals surface area contributed by atoms with Gasteiger partial charge in [0.1, 0.15) is 5.75 Å². The number of alkyl halides is 1. The Morgan fingerprint density at radius 3 is 2.64 bits per heavy atom. The van der Waals surface area contributed by atoms with E-state index in [1.807, 2.05) is 0 Å². The number of halogens is 1. The van der Waals surface area contributed by atoms with E-state index >= 15 is 0 Å². The van der Waals surface area contributed by atoms with Gasteiger partial charge in [-0.2, -0.15) is 0 Å². The highest BCUT2D eigenvalue weighted by molar-refractivity contribution is 7.39. The Balaban J connectivity index is 2.49. The zero-order valence-corrected chi connectivity index (χ0v) is 13.1. The highest BCUT2D eigenvalue weighted by Crippen LogP contribution is 2.35. The molecule has 0 bridgehead atoms. The first-order valence-corrected chi connectivity index (χ1v) is 8.29. The summed E-state index contributed by atoms with van der Waals surface area (Å²) in [6.45, 7) is 1.04. The number of nitrogens with two attached hydrogens (primary N) is 1. The van der Waals surface area contributed by atoms with Gasteiger partial charge < -0.3 is 25.4 Å². The molecule has 0 aromatic heterocycles. The molecule has 0 spiro atoms. The molecule has 0 aliphatic heterocycles. The lowest BCUT2D eigenvalue weighted by atomic mass is 10.1. The summed E-state index contributed by atoms with van der Waals surface area (Å²) in [6.07, 6.45) is 1.69. The largest absolute Gasteiger partial charge is 0.427 e. The number of rotatable bonds is 10. The zero-order chi connectivity index (χ0) is 16.4. The third-order valence-corrected chi connectivity index (χ3v) is 3.39. The lowest BCUT2D eigenvalue weighted by Crippen LogP contribution is -2.28. The minimum absolute atomic E-state index is 0.0290. The number of benzene rings is 1. The van der Waals surface area contributed by atoms with Gasteiger partial charge in [0.05, 0.1) is 0 Å². The van der Waals surface area contributed by atoms with Gasteiger partial charge in [-0.15, -0.1) is 0 Å². The van der Waals surface area contributed by atoms with Crippen molar-refractivity contribution in [1.29, 1.82) is 0 Å². The van der Waals surface area contributed by atoms with Crippen molar-refractivity contribution in [1.82, 2.24) is 5.32 Å². The van der Waals surface area contributed by atoms with Gasteiger partial charge in [0.2, 0.25) is 6.17 Å². The van der Waals surface area contributed by atoms with Crippen LogP contribution in [0.4, 0.5) is 4.39 Å². The van der Waals surface area contributed by atoms with Gasteiger partial charge in [-0.1, -0.05) is 31.0 Å². The molecule has 1 atom stereocenters. The van der Waals surface area contributed by atoms with Crippen LogP contribution in [0.1, 0.15) is 37.4 Å². The van der Waals surface area contributed by atoms with Crippen molar-refractivity contribution in [3.63, 3.8) is 0 Å². The van der Waals surface area contributed by atoms with Crippen molar-refractivity contribution in [2.24, 2.45) is 5.73 Å². The van der Waals surface area contributed by atoms with E-state index in [1.54, 1.807) is 12.1 Å². The average Bonchev–Trinajstić information content (AvgIpc) is 2.50. The van der Waals surface area contributed by atoms with Gasteiger partial charge >= 0.3 is 8.60 Å². The van der Waals surface area contributed by atoms with Gasteiger partial charge in [0, 0.05) is 12.1 Å².